The third-order valence-electron chi connectivity index (χ3n) is 3.21. The largest absolute Gasteiger partial charge is 0.367 e. The first kappa shape index (κ1) is 13.2. The zero-order chi connectivity index (χ0) is 13.0. The number of hydrogen-bond acceptors (Lipinski definition) is 5. The number of hydrogen-bond donors (Lipinski definition) is 1. The van der Waals surface area contributed by atoms with Crippen LogP contribution >= 0.6 is 11.8 Å². The van der Waals surface area contributed by atoms with Crippen molar-refractivity contribution < 1.29 is 4.79 Å². The summed E-state index contributed by atoms with van der Waals surface area (Å²) in [5, 5.41) is 4.62. The Balaban J connectivity index is 1.89. The summed E-state index contributed by atoms with van der Waals surface area (Å²) in [5.41, 5.74) is 5.42. The molecule has 0 saturated carbocycles. The monoisotopic (exact) mass is 269 g/mol. The van der Waals surface area contributed by atoms with E-state index in [0.717, 1.165) is 25.9 Å². The highest BCUT2D eigenvalue weighted by molar-refractivity contribution is 7.99. The number of nitrogens with zero attached hydrogens (tertiary/aromatic N) is 4. The van der Waals surface area contributed by atoms with E-state index in [1.54, 1.807) is 0 Å². The lowest BCUT2D eigenvalue weighted by atomic mass is 10.2. The van der Waals surface area contributed by atoms with Gasteiger partial charge in [-0.1, -0.05) is 0 Å². The molecule has 1 fully saturated rings. The van der Waals surface area contributed by atoms with Gasteiger partial charge in [0.2, 0.25) is 11.9 Å². The fourth-order valence-corrected chi connectivity index (χ4v) is 2.92. The van der Waals surface area contributed by atoms with E-state index in [1.165, 1.54) is 17.4 Å². The van der Waals surface area contributed by atoms with E-state index in [4.69, 9.17) is 5.73 Å². The van der Waals surface area contributed by atoms with Gasteiger partial charge in [-0.25, -0.2) is 9.67 Å². The fourth-order valence-electron chi connectivity index (χ4n) is 2.17. The molecule has 0 aromatic carbocycles. The van der Waals surface area contributed by atoms with Crippen molar-refractivity contribution in [3.05, 3.63) is 6.33 Å². The molecule has 1 unspecified atom stereocenters. The van der Waals surface area contributed by atoms with Crippen LogP contribution in [0.3, 0.4) is 0 Å². The van der Waals surface area contributed by atoms with E-state index in [0.29, 0.717) is 5.25 Å². The molecule has 2 rings (SSSR count). The third-order valence-corrected chi connectivity index (χ3v) is 4.35. The van der Waals surface area contributed by atoms with Crippen molar-refractivity contribution in [3.63, 3.8) is 0 Å². The molecule has 6 nitrogen and oxygen atoms in total. The molecule has 0 aliphatic carbocycles. The highest BCUT2D eigenvalue weighted by atomic mass is 32.2. The highest BCUT2D eigenvalue weighted by Gasteiger charge is 2.20. The van der Waals surface area contributed by atoms with Gasteiger partial charge in [0.15, 0.2) is 0 Å². The minimum atomic E-state index is 0.0988. The molecule has 7 heteroatoms. The van der Waals surface area contributed by atoms with Gasteiger partial charge in [0, 0.05) is 18.3 Å². The number of likely N-dealkylation sites (tertiary alicyclic amines) is 1. The van der Waals surface area contributed by atoms with Crippen LogP contribution in [0.5, 0.6) is 0 Å². The molecule has 0 bridgehead atoms. The first-order valence-corrected chi connectivity index (χ1v) is 7.43. The summed E-state index contributed by atoms with van der Waals surface area (Å²) in [6.45, 7) is 1.92. The summed E-state index contributed by atoms with van der Waals surface area (Å²) in [5.74, 6) is 0.308. The second kappa shape index (κ2) is 6.08. The number of rotatable bonds is 3. The average molecular weight is 269 g/mol. The van der Waals surface area contributed by atoms with Crippen molar-refractivity contribution in [1.29, 1.82) is 0 Å². The maximum absolute atomic E-state index is 12.1. The fraction of sp³-hybridized carbons (Fsp3) is 0.727. The van der Waals surface area contributed by atoms with Crippen LogP contribution in [0, 0.1) is 0 Å². The van der Waals surface area contributed by atoms with Crippen LogP contribution in [-0.4, -0.2) is 50.2 Å². The Morgan fingerprint density at radius 2 is 2.39 bits per heavy atom. The number of carbonyl (C=O) groups is 1. The molecule has 1 aliphatic heterocycles. The smallest absolute Gasteiger partial charge is 0.244 e. The Morgan fingerprint density at radius 1 is 1.56 bits per heavy atom. The Hall–Kier alpha value is -1.24. The quantitative estimate of drug-likeness (QED) is 0.869. The van der Waals surface area contributed by atoms with Crippen LogP contribution in [0.2, 0.25) is 0 Å². The molecule has 2 heterocycles. The SMILES string of the molecule is CSC1CCCN(C(=O)Cn2cnc(N)n2)CC1. The van der Waals surface area contributed by atoms with Crippen LogP contribution in [-0.2, 0) is 11.3 Å². The van der Waals surface area contributed by atoms with Gasteiger partial charge in [0.05, 0.1) is 0 Å². The lowest BCUT2D eigenvalue weighted by molar-refractivity contribution is -0.132. The topological polar surface area (TPSA) is 77.0 Å². The van der Waals surface area contributed by atoms with Gasteiger partial charge in [-0.2, -0.15) is 11.8 Å². The van der Waals surface area contributed by atoms with Crippen LogP contribution < -0.4 is 5.73 Å². The van der Waals surface area contributed by atoms with Gasteiger partial charge >= 0.3 is 0 Å². The van der Waals surface area contributed by atoms with Crippen molar-refractivity contribution in [2.24, 2.45) is 0 Å². The van der Waals surface area contributed by atoms with Gasteiger partial charge in [-0.3, -0.25) is 4.79 Å². The van der Waals surface area contributed by atoms with Crippen molar-refractivity contribution in [2.75, 3.05) is 25.1 Å². The summed E-state index contributed by atoms with van der Waals surface area (Å²) in [6.07, 6.45) is 6.99. The van der Waals surface area contributed by atoms with E-state index in [1.807, 2.05) is 16.7 Å². The van der Waals surface area contributed by atoms with Crippen molar-refractivity contribution >= 4 is 23.6 Å². The van der Waals surface area contributed by atoms with Gasteiger partial charge in [-0.15, -0.1) is 5.10 Å². The maximum atomic E-state index is 12.1. The summed E-state index contributed by atoms with van der Waals surface area (Å²) in [6, 6.07) is 0. The minimum absolute atomic E-state index is 0.0988. The number of carbonyl (C=O) groups excluding carboxylic acids is 1. The lowest BCUT2D eigenvalue weighted by Gasteiger charge is -2.20. The van der Waals surface area contributed by atoms with Gasteiger partial charge in [0.25, 0.3) is 0 Å². The van der Waals surface area contributed by atoms with Gasteiger partial charge in [-0.05, 0) is 25.5 Å². The first-order chi connectivity index (χ1) is 8.69. The minimum Gasteiger partial charge on any atom is -0.367 e. The molecule has 2 N–H and O–H groups in total. The average Bonchev–Trinajstić information content (AvgIpc) is 2.65. The maximum Gasteiger partial charge on any atom is 0.244 e. The van der Waals surface area contributed by atoms with Crippen LogP contribution in [0.4, 0.5) is 5.95 Å². The zero-order valence-corrected chi connectivity index (χ0v) is 11.4. The predicted octanol–water partition coefficient (Wildman–Crippen LogP) is 0.604. The number of aromatic nitrogens is 3. The van der Waals surface area contributed by atoms with Gasteiger partial charge < -0.3 is 10.6 Å². The Labute approximate surface area is 111 Å². The molecule has 1 aromatic heterocycles. The number of anilines is 1. The third kappa shape index (κ3) is 3.38. The number of amides is 1. The second-order valence-electron chi connectivity index (χ2n) is 4.47. The van der Waals surface area contributed by atoms with Crippen LogP contribution in [0.25, 0.3) is 0 Å². The standard InChI is InChI=1S/C11H19N5OS/c1-18-9-3-2-5-15(6-4-9)10(17)7-16-8-13-11(12)14-16/h8-9H,2-7H2,1H3,(H2,12,14). The second-order valence-corrected chi connectivity index (χ2v) is 5.61. The molecule has 100 valence electrons. The highest BCUT2D eigenvalue weighted by Crippen LogP contribution is 2.21. The van der Waals surface area contributed by atoms with Crippen LogP contribution in [0.15, 0.2) is 6.33 Å². The number of thioether (sulfide) groups is 1. The molecular formula is C11H19N5OS. The van der Waals surface area contributed by atoms with E-state index in [2.05, 4.69) is 16.3 Å². The summed E-state index contributed by atoms with van der Waals surface area (Å²) >= 11 is 1.90. The Kier molecular flexibility index (Phi) is 4.46. The molecule has 18 heavy (non-hydrogen) atoms. The lowest BCUT2D eigenvalue weighted by Crippen LogP contribution is -2.35. The summed E-state index contributed by atoms with van der Waals surface area (Å²) in [7, 11) is 0. The number of nitrogens with two attached hydrogens (primary N) is 1. The molecule has 1 saturated heterocycles. The molecule has 0 radical (unpaired) electrons. The van der Waals surface area contributed by atoms with Gasteiger partial charge in [0.1, 0.15) is 12.9 Å². The Bertz CT molecular complexity index is 408. The predicted molar refractivity (Wildman–Crippen MR) is 72.2 cm³/mol. The van der Waals surface area contributed by atoms with E-state index in [9.17, 15) is 4.79 Å². The number of nitrogen functional groups attached to an aromatic ring is 1. The van der Waals surface area contributed by atoms with E-state index >= 15 is 0 Å². The molecule has 1 aliphatic rings. The zero-order valence-electron chi connectivity index (χ0n) is 10.6. The molecule has 1 atom stereocenters. The van der Waals surface area contributed by atoms with Crippen LogP contribution in [0.1, 0.15) is 19.3 Å². The normalized spacial score (nSPS) is 20.7. The summed E-state index contributed by atoms with van der Waals surface area (Å²) in [4.78, 5) is 17.9. The molecule has 0 spiro atoms. The molecular weight excluding hydrogens is 250 g/mol. The first-order valence-electron chi connectivity index (χ1n) is 6.14. The molecule has 1 aromatic rings. The van der Waals surface area contributed by atoms with E-state index in [-0.39, 0.29) is 18.4 Å². The van der Waals surface area contributed by atoms with Crippen molar-refractivity contribution in [2.45, 2.75) is 31.1 Å². The van der Waals surface area contributed by atoms with Crippen molar-refractivity contribution in [3.8, 4) is 0 Å². The summed E-state index contributed by atoms with van der Waals surface area (Å²) < 4.78 is 1.49. The van der Waals surface area contributed by atoms with Crippen molar-refractivity contribution in [1.82, 2.24) is 19.7 Å². The molecule has 1 amide bonds. The van der Waals surface area contributed by atoms with E-state index < -0.39 is 0 Å². The Morgan fingerprint density at radius 3 is 3.06 bits per heavy atom.